The first-order valence-corrected chi connectivity index (χ1v) is 10.7. The smallest absolute Gasteiger partial charge is 0.220 e. The lowest BCUT2D eigenvalue weighted by molar-refractivity contribution is 0.193. The molecule has 1 fully saturated rings. The third-order valence-corrected chi connectivity index (χ3v) is 6.20. The van der Waals surface area contributed by atoms with Gasteiger partial charge in [0.05, 0.1) is 5.52 Å². The minimum absolute atomic E-state index is 0.0937. The Balaban J connectivity index is 1.47. The van der Waals surface area contributed by atoms with Crippen molar-refractivity contribution in [2.45, 2.75) is 12.6 Å². The lowest BCUT2D eigenvalue weighted by Gasteiger charge is -2.34. The van der Waals surface area contributed by atoms with Crippen molar-refractivity contribution < 1.29 is 4.39 Å². The first-order valence-electron chi connectivity index (χ1n) is 9.82. The summed E-state index contributed by atoms with van der Waals surface area (Å²) in [5.74, 6) is 0.0630. The molecule has 4 aromatic rings. The van der Waals surface area contributed by atoms with Crippen molar-refractivity contribution in [3.8, 4) is 10.6 Å². The molecule has 6 nitrogen and oxygen atoms in total. The minimum Gasteiger partial charge on any atom is -0.368 e. The highest BCUT2D eigenvalue weighted by Gasteiger charge is 2.22. The minimum atomic E-state index is -0.204. The van der Waals surface area contributed by atoms with Crippen LogP contribution in [0.15, 0.2) is 54.2 Å². The number of benzene rings is 2. The number of piperazine rings is 1. The predicted octanol–water partition coefficient (Wildman–Crippen LogP) is 3.62. The van der Waals surface area contributed by atoms with E-state index in [1.54, 1.807) is 29.7 Å². The van der Waals surface area contributed by atoms with E-state index in [4.69, 9.17) is 5.73 Å². The molecule has 0 amide bonds. The van der Waals surface area contributed by atoms with Crippen LogP contribution >= 0.6 is 11.3 Å². The Bertz CT molecular complexity index is 1180. The molecule has 8 heteroatoms. The predicted molar refractivity (Wildman–Crippen MR) is 117 cm³/mol. The number of hydrogen-bond donors (Lipinski definition) is 2. The normalized spacial score (nSPS) is 17.4. The Morgan fingerprint density at radius 3 is 3.00 bits per heavy atom. The van der Waals surface area contributed by atoms with Crippen LogP contribution in [0.25, 0.3) is 21.5 Å². The molecule has 2 aromatic carbocycles. The number of anilines is 1. The summed E-state index contributed by atoms with van der Waals surface area (Å²) in [6, 6.07) is 11.1. The van der Waals surface area contributed by atoms with E-state index in [0.29, 0.717) is 0 Å². The molecule has 1 saturated heterocycles. The standard InChI is InChI=1S/C22H21FN6S/c23-17-3-1-2-14(8-17)20-13-29(6-4-25-20)12-16-10-19-15(11-27-22(24)28-19)9-18(16)21-26-5-7-30-21/h1-3,5,7-11,20,25H,4,6,12-13H2,(H2,24,27,28). The van der Waals surface area contributed by atoms with Crippen LogP contribution in [0.2, 0.25) is 0 Å². The van der Waals surface area contributed by atoms with Gasteiger partial charge in [0, 0.05) is 60.9 Å². The van der Waals surface area contributed by atoms with Crippen LogP contribution in [-0.2, 0) is 6.54 Å². The number of hydrogen-bond acceptors (Lipinski definition) is 7. The van der Waals surface area contributed by atoms with Gasteiger partial charge in [-0.1, -0.05) is 12.1 Å². The van der Waals surface area contributed by atoms with E-state index in [-0.39, 0.29) is 17.8 Å². The van der Waals surface area contributed by atoms with Gasteiger partial charge < -0.3 is 11.1 Å². The molecule has 3 heterocycles. The summed E-state index contributed by atoms with van der Waals surface area (Å²) in [6.45, 7) is 3.30. The van der Waals surface area contributed by atoms with Crippen LogP contribution in [0.1, 0.15) is 17.2 Å². The second-order valence-corrected chi connectivity index (χ2v) is 8.33. The fourth-order valence-electron chi connectivity index (χ4n) is 3.96. The van der Waals surface area contributed by atoms with Crippen LogP contribution in [0.5, 0.6) is 0 Å². The number of thiazole rings is 1. The highest BCUT2D eigenvalue weighted by Crippen LogP contribution is 2.31. The van der Waals surface area contributed by atoms with Gasteiger partial charge in [-0.05, 0) is 35.4 Å². The lowest BCUT2D eigenvalue weighted by atomic mass is 10.0. The van der Waals surface area contributed by atoms with Crippen molar-refractivity contribution in [1.29, 1.82) is 0 Å². The second kappa shape index (κ2) is 8.06. The number of nitrogens with zero attached hydrogens (tertiary/aromatic N) is 4. The van der Waals surface area contributed by atoms with E-state index in [1.165, 1.54) is 6.07 Å². The van der Waals surface area contributed by atoms with E-state index in [9.17, 15) is 4.39 Å². The van der Waals surface area contributed by atoms with Gasteiger partial charge in [0.2, 0.25) is 5.95 Å². The van der Waals surface area contributed by atoms with Gasteiger partial charge in [0.15, 0.2) is 0 Å². The van der Waals surface area contributed by atoms with E-state index in [2.05, 4.69) is 37.3 Å². The highest BCUT2D eigenvalue weighted by molar-refractivity contribution is 7.13. The van der Waals surface area contributed by atoms with E-state index >= 15 is 0 Å². The molecule has 3 N–H and O–H groups in total. The quantitative estimate of drug-likeness (QED) is 0.525. The molecular weight excluding hydrogens is 399 g/mol. The zero-order chi connectivity index (χ0) is 20.5. The zero-order valence-corrected chi connectivity index (χ0v) is 17.1. The first kappa shape index (κ1) is 19.0. The molecule has 0 spiro atoms. The van der Waals surface area contributed by atoms with Crippen molar-refractivity contribution >= 4 is 28.2 Å². The van der Waals surface area contributed by atoms with Crippen molar-refractivity contribution in [1.82, 2.24) is 25.2 Å². The maximum Gasteiger partial charge on any atom is 0.220 e. The Kier molecular flexibility index (Phi) is 5.12. The monoisotopic (exact) mass is 420 g/mol. The van der Waals surface area contributed by atoms with Crippen LogP contribution < -0.4 is 11.1 Å². The summed E-state index contributed by atoms with van der Waals surface area (Å²) < 4.78 is 13.7. The largest absolute Gasteiger partial charge is 0.368 e. The summed E-state index contributed by atoms with van der Waals surface area (Å²) in [5, 5.41) is 7.40. The number of rotatable bonds is 4. The van der Waals surface area contributed by atoms with Crippen molar-refractivity contribution in [2.75, 3.05) is 25.4 Å². The van der Waals surface area contributed by atoms with Gasteiger partial charge in [-0.2, -0.15) is 0 Å². The first-order chi connectivity index (χ1) is 14.7. The molecule has 0 aliphatic carbocycles. The van der Waals surface area contributed by atoms with Crippen molar-refractivity contribution in [3.05, 3.63) is 71.1 Å². The molecule has 0 bridgehead atoms. The third-order valence-electron chi connectivity index (χ3n) is 5.39. The van der Waals surface area contributed by atoms with Gasteiger partial charge in [0.1, 0.15) is 10.8 Å². The summed E-state index contributed by atoms with van der Waals surface area (Å²) in [6.07, 6.45) is 3.57. The Labute approximate surface area is 177 Å². The van der Waals surface area contributed by atoms with Gasteiger partial charge in [-0.25, -0.2) is 19.3 Å². The van der Waals surface area contributed by atoms with Gasteiger partial charge >= 0.3 is 0 Å². The molecule has 0 radical (unpaired) electrons. The molecule has 1 unspecified atom stereocenters. The molecule has 152 valence electrons. The number of aromatic nitrogens is 3. The maximum absolute atomic E-state index is 13.7. The molecule has 1 aliphatic rings. The molecule has 30 heavy (non-hydrogen) atoms. The topological polar surface area (TPSA) is 80.0 Å². The SMILES string of the molecule is Nc1ncc2cc(-c3nccs3)c(CN3CCNC(c4cccc(F)c4)C3)cc2n1. The lowest BCUT2D eigenvalue weighted by Crippen LogP contribution is -2.45. The number of nitrogens with one attached hydrogen (secondary N) is 1. The van der Waals surface area contributed by atoms with Crippen molar-refractivity contribution in [3.63, 3.8) is 0 Å². The van der Waals surface area contributed by atoms with Crippen LogP contribution in [-0.4, -0.2) is 39.5 Å². The summed E-state index contributed by atoms with van der Waals surface area (Å²) in [7, 11) is 0. The molecule has 1 atom stereocenters. The maximum atomic E-state index is 13.7. The summed E-state index contributed by atoms with van der Waals surface area (Å²) >= 11 is 1.61. The van der Waals surface area contributed by atoms with E-state index in [0.717, 1.165) is 58.8 Å². The molecule has 2 aromatic heterocycles. The third kappa shape index (κ3) is 3.89. The number of halogens is 1. The van der Waals surface area contributed by atoms with Gasteiger partial charge in [-0.15, -0.1) is 11.3 Å². The zero-order valence-electron chi connectivity index (χ0n) is 16.3. The number of nitrogen functional groups attached to an aromatic ring is 1. The Hall–Kier alpha value is -2.94. The van der Waals surface area contributed by atoms with Crippen molar-refractivity contribution in [2.24, 2.45) is 0 Å². The summed E-state index contributed by atoms with van der Waals surface area (Å²) in [5.41, 5.74) is 9.84. The Morgan fingerprint density at radius 2 is 2.17 bits per heavy atom. The fourth-order valence-corrected chi connectivity index (χ4v) is 4.65. The average molecular weight is 421 g/mol. The highest BCUT2D eigenvalue weighted by atomic mass is 32.1. The van der Waals surface area contributed by atoms with Gasteiger partial charge in [-0.3, -0.25) is 4.90 Å². The molecule has 5 rings (SSSR count). The van der Waals surface area contributed by atoms with Crippen LogP contribution in [0.4, 0.5) is 10.3 Å². The van der Waals surface area contributed by atoms with Crippen LogP contribution in [0, 0.1) is 5.82 Å². The van der Waals surface area contributed by atoms with Crippen LogP contribution in [0.3, 0.4) is 0 Å². The molecule has 1 aliphatic heterocycles. The van der Waals surface area contributed by atoms with Gasteiger partial charge in [0.25, 0.3) is 0 Å². The molecule has 0 saturated carbocycles. The average Bonchev–Trinajstić information content (AvgIpc) is 3.28. The number of nitrogens with two attached hydrogens (primary N) is 1. The van der Waals surface area contributed by atoms with E-state index in [1.807, 2.05) is 17.6 Å². The number of fused-ring (bicyclic) bond motifs is 1. The van der Waals surface area contributed by atoms with E-state index < -0.39 is 0 Å². The Morgan fingerprint density at radius 1 is 1.23 bits per heavy atom. The second-order valence-electron chi connectivity index (χ2n) is 7.43. The summed E-state index contributed by atoms with van der Waals surface area (Å²) in [4.78, 5) is 15.4. The molecular formula is C22H21FN6S. The fraction of sp³-hybridized carbons (Fsp3) is 0.227.